The largest absolute Gasteiger partial charge is 0.506 e. The van der Waals surface area contributed by atoms with Crippen molar-refractivity contribution in [3.8, 4) is 5.75 Å². The SMILES string of the molecule is CC(C)(C)CNC(=O)c1ccc(N)c(O)c1. The molecule has 0 saturated heterocycles. The third-order valence-electron chi connectivity index (χ3n) is 2.07. The van der Waals surface area contributed by atoms with Crippen molar-refractivity contribution in [2.24, 2.45) is 5.41 Å². The zero-order chi connectivity index (χ0) is 12.3. The molecular weight excluding hydrogens is 204 g/mol. The highest BCUT2D eigenvalue weighted by molar-refractivity contribution is 5.95. The summed E-state index contributed by atoms with van der Waals surface area (Å²) in [4.78, 5) is 11.7. The first-order valence-electron chi connectivity index (χ1n) is 5.16. The van der Waals surface area contributed by atoms with Crippen molar-refractivity contribution in [2.45, 2.75) is 20.8 Å². The van der Waals surface area contributed by atoms with Gasteiger partial charge in [0.15, 0.2) is 0 Å². The van der Waals surface area contributed by atoms with E-state index in [2.05, 4.69) is 5.32 Å². The van der Waals surface area contributed by atoms with Crippen LogP contribution < -0.4 is 11.1 Å². The molecule has 0 atom stereocenters. The van der Waals surface area contributed by atoms with Gasteiger partial charge >= 0.3 is 0 Å². The number of aromatic hydroxyl groups is 1. The minimum absolute atomic E-state index is 0.0332. The Kier molecular flexibility index (Phi) is 3.42. The Balaban J connectivity index is 2.70. The predicted molar refractivity (Wildman–Crippen MR) is 64.3 cm³/mol. The fourth-order valence-corrected chi connectivity index (χ4v) is 1.13. The van der Waals surface area contributed by atoms with Crippen LogP contribution in [0.4, 0.5) is 5.69 Å². The molecule has 0 spiro atoms. The first-order valence-corrected chi connectivity index (χ1v) is 5.16. The normalized spacial score (nSPS) is 11.2. The van der Waals surface area contributed by atoms with Gasteiger partial charge in [-0.1, -0.05) is 20.8 Å². The summed E-state index contributed by atoms with van der Waals surface area (Å²) in [5.41, 5.74) is 6.17. The Morgan fingerprint density at radius 3 is 2.56 bits per heavy atom. The van der Waals surface area contributed by atoms with Gasteiger partial charge in [0.1, 0.15) is 5.75 Å². The topological polar surface area (TPSA) is 75.4 Å². The van der Waals surface area contributed by atoms with Crippen molar-refractivity contribution in [1.29, 1.82) is 0 Å². The Bertz CT molecular complexity index is 394. The molecule has 88 valence electrons. The molecule has 1 rings (SSSR count). The van der Waals surface area contributed by atoms with Crippen LogP contribution in [0.25, 0.3) is 0 Å². The molecule has 4 nitrogen and oxygen atoms in total. The number of phenolic OH excluding ortho intramolecular Hbond substituents is 1. The number of carbonyl (C=O) groups excluding carboxylic acids is 1. The van der Waals surface area contributed by atoms with Crippen LogP contribution in [0.2, 0.25) is 0 Å². The Hall–Kier alpha value is -1.71. The molecule has 1 aromatic rings. The molecule has 16 heavy (non-hydrogen) atoms. The fraction of sp³-hybridized carbons (Fsp3) is 0.417. The van der Waals surface area contributed by atoms with Crippen molar-refractivity contribution < 1.29 is 9.90 Å². The first-order chi connectivity index (χ1) is 7.29. The maximum absolute atomic E-state index is 11.7. The second kappa shape index (κ2) is 4.43. The van der Waals surface area contributed by atoms with Crippen LogP contribution in [0, 0.1) is 5.41 Å². The van der Waals surface area contributed by atoms with Gasteiger partial charge in [0.25, 0.3) is 5.91 Å². The number of nitrogen functional groups attached to an aromatic ring is 1. The summed E-state index contributed by atoms with van der Waals surface area (Å²) >= 11 is 0. The highest BCUT2D eigenvalue weighted by Crippen LogP contribution is 2.20. The molecule has 1 aromatic carbocycles. The third-order valence-corrected chi connectivity index (χ3v) is 2.07. The molecule has 0 fully saturated rings. The predicted octanol–water partition coefficient (Wildman–Crippen LogP) is 1.75. The van der Waals surface area contributed by atoms with Crippen molar-refractivity contribution in [1.82, 2.24) is 5.32 Å². The van der Waals surface area contributed by atoms with Gasteiger partial charge in [-0.25, -0.2) is 0 Å². The van der Waals surface area contributed by atoms with Gasteiger partial charge in [-0.05, 0) is 23.6 Å². The smallest absolute Gasteiger partial charge is 0.251 e. The number of hydrogen-bond donors (Lipinski definition) is 3. The summed E-state index contributed by atoms with van der Waals surface area (Å²) in [6.45, 7) is 6.69. The number of nitrogens with two attached hydrogens (primary N) is 1. The summed E-state index contributed by atoms with van der Waals surface area (Å²) < 4.78 is 0. The van der Waals surface area contributed by atoms with Crippen molar-refractivity contribution >= 4 is 11.6 Å². The number of anilines is 1. The molecule has 4 N–H and O–H groups in total. The summed E-state index contributed by atoms with van der Waals surface area (Å²) in [7, 11) is 0. The van der Waals surface area contributed by atoms with Crippen LogP contribution in [0.15, 0.2) is 18.2 Å². The van der Waals surface area contributed by atoms with E-state index >= 15 is 0 Å². The average Bonchev–Trinajstić information content (AvgIpc) is 2.17. The lowest BCUT2D eigenvalue weighted by molar-refractivity contribution is 0.0939. The van der Waals surface area contributed by atoms with Gasteiger partial charge in [0.05, 0.1) is 5.69 Å². The maximum Gasteiger partial charge on any atom is 0.251 e. The van der Waals surface area contributed by atoms with E-state index in [0.717, 1.165) is 0 Å². The Labute approximate surface area is 95.5 Å². The van der Waals surface area contributed by atoms with Crippen LogP contribution in [-0.2, 0) is 0 Å². The number of benzene rings is 1. The number of phenols is 1. The highest BCUT2D eigenvalue weighted by atomic mass is 16.3. The van der Waals surface area contributed by atoms with Gasteiger partial charge in [0, 0.05) is 12.1 Å². The second-order valence-corrected chi connectivity index (χ2v) is 5.02. The second-order valence-electron chi connectivity index (χ2n) is 5.02. The molecule has 0 aromatic heterocycles. The molecule has 0 aliphatic heterocycles. The lowest BCUT2D eigenvalue weighted by Crippen LogP contribution is -2.32. The number of carbonyl (C=O) groups is 1. The van der Waals surface area contributed by atoms with E-state index in [1.54, 1.807) is 6.07 Å². The zero-order valence-corrected chi connectivity index (χ0v) is 9.87. The quantitative estimate of drug-likeness (QED) is 0.527. The molecule has 0 radical (unpaired) electrons. The minimum Gasteiger partial charge on any atom is -0.506 e. The lowest BCUT2D eigenvalue weighted by atomic mass is 9.97. The Morgan fingerprint density at radius 1 is 1.44 bits per heavy atom. The third kappa shape index (κ3) is 3.46. The molecule has 4 heteroatoms. The lowest BCUT2D eigenvalue weighted by Gasteiger charge is -2.18. The van der Waals surface area contributed by atoms with Crippen molar-refractivity contribution in [3.63, 3.8) is 0 Å². The van der Waals surface area contributed by atoms with E-state index in [1.165, 1.54) is 12.1 Å². The van der Waals surface area contributed by atoms with Gasteiger partial charge in [-0.3, -0.25) is 4.79 Å². The number of hydrogen-bond acceptors (Lipinski definition) is 3. The van der Waals surface area contributed by atoms with Crippen LogP contribution in [0.3, 0.4) is 0 Å². The minimum atomic E-state index is -0.203. The highest BCUT2D eigenvalue weighted by Gasteiger charge is 2.13. The van der Waals surface area contributed by atoms with Gasteiger partial charge in [0.2, 0.25) is 0 Å². The molecule has 0 aliphatic rings. The summed E-state index contributed by atoms with van der Waals surface area (Å²) in [6.07, 6.45) is 0. The van der Waals surface area contributed by atoms with Crippen LogP contribution in [-0.4, -0.2) is 17.6 Å². The average molecular weight is 222 g/mol. The number of rotatable bonds is 2. The van der Waals surface area contributed by atoms with E-state index in [-0.39, 0.29) is 22.8 Å². The van der Waals surface area contributed by atoms with Gasteiger partial charge < -0.3 is 16.2 Å². The standard InChI is InChI=1S/C12H18N2O2/c1-12(2,3)7-14-11(16)8-4-5-9(13)10(15)6-8/h4-6,15H,7,13H2,1-3H3,(H,14,16). The number of amides is 1. The van der Waals surface area contributed by atoms with Crippen molar-refractivity contribution in [3.05, 3.63) is 23.8 Å². The molecule has 0 unspecified atom stereocenters. The van der Waals surface area contributed by atoms with Crippen molar-refractivity contribution in [2.75, 3.05) is 12.3 Å². The monoisotopic (exact) mass is 222 g/mol. The first kappa shape index (κ1) is 12.4. The molecule has 1 amide bonds. The zero-order valence-electron chi connectivity index (χ0n) is 9.87. The summed E-state index contributed by atoms with van der Waals surface area (Å²) in [5, 5.41) is 12.2. The summed E-state index contributed by atoms with van der Waals surface area (Å²) in [6, 6.07) is 4.47. The molecule has 0 bridgehead atoms. The summed E-state index contributed by atoms with van der Waals surface area (Å²) in [5.74, 6) is -0.270. The van der Waals surface area contributed by atoms with E-state index < -0.39 is 0 Å². The van der Waals surface area contributed by atoms with Crippen LogP contribution >= 0.6 is 0 Å². The van der Waals surface area contributed by atoms with E-state index in [1.807, 2.05) is 20.8 Å². The fourth-order valence-electron chi connectivity index (χ4n) is 1.13. The molecule has 0 heterocycles. The molecule has 0 saturated carbocycles. The number of nitrogens with one attached hydrogen (secondary N) is 1. The van der Waals surface area contributed by atoms with Crippen LogP contribution in [0.1, 0.15) is 31.1 Å². The van der Waals surface area contributed by atoms with Gasteiger partial charge in [-0.15, -0.1) is 0 Å². The van der Waals surface area contributed by atoms with Crippen LogP contribution in [0.5, 0.6) is 5.75 Å². The Morgan fingerprint density at radius 2 is 2.06 bits per heavy atom. The molecule has 0 aliphatic carbocycles. The maximum atomic E-state index is 11.7. The van der Waals surface area contributed by atoms with E-state index in [9.17, 15) is 9.90 Å². The molecular formula is C12H18N2O2. The van der Waals surface area contributed by atoms with Gasteiger partial charge in [-0.2, -0.15) is 0 Å². The van der Waals surface area contributed by atoms with E-state index in [4.69, 9.17) is 5.73 Å². The van der Waals surface area contributed by atoms with E-state index in [0.29, 0.717) is 12.1 Å².